The summed E-state index contributed by atoms with van der Waals surface area (Å²) < 4.78 is 6.26. The van der Waals surface area contributed by atoms with Gasteiger partial charge in [-0.05, 0) is 61.0 Å². The van der Waals surface area contributed by atoms with Gasteiger partial charge < -0.3 is 9.33 Å². The lowest BCUT2D eigenvalue weighted by molar-refractivity contribution is 0.182. The van der Waals surface area contributed by atoms with Gasteiger partial charge in [-0.15, -0.1) is 0 Å². The minimum atomic E-state index is -1.89. The van der Waals surface area contributed by atoms with Gasteiger partial charge in [-0.2, -0.15) is 0 Å². The zero-order valence-corrected chi connectivity index (χ0v) is 19.9. The molecule has 0 bridgehead atoms. The van der Waals surface area contributed by atoms with Gasteiger partial charge in [0.15, 0.2) is 0 Å². The number of hydrogen-bond acceptors (Lipinski definition) is 3. The van der Waals surface area contributed by atoms with Crippen molar-refractivity contribution in [2.75, 3.05) is 18.4 Å². The number of likely N-dealkylation sites (tertiary alicyclic amines) is 1. The fourth-order valence-corrected chi connectivity index (χ4v) is 4.45. The number of pyridine rings is 1. The molecule has 1 saturated heterocycles. The van der Waals surface area contributed by atoms with Crippen LogP contribution >= 0.6 is 0 Å². The summed E-state index contributed by atoms with van der Waals surface area (Å²) in [5.41, 5.74) is 1.38. The zero-order valence-electron chi connectivity index (χ0n) is 18.9. The number of piperidine rings is 1. The molecule has 5 nitrogen and oxygen atoms in total. The molecule has 2 amide bonds. The lowest BCUT2D eigenvalue weighted by Gasteiger charge is -2.36. The average Bonchev–Trinajstić information content (AvgIpc) is 2.70. The van der Waals surface area contributed by atoms with E-state index in [0.717, 1.165) is 38.1 Å². The van der Waals surface area contributed by atoms with Crippen LogP contribution in [-0.2, 0) is 6.42 Å². The topological polar surface area (TPSA) is 54.5 Å². The first kappa shape index (κ1) is 22.3. The van der Waals surface area contributed by atoms with E-state index < -0.39 is 8.32 Å². The Balaban J connectivity index is 1.48. The van der Waals surface area contributed by atoms with E-state index in [4.69, 9.17) is 4.43 Å². The number of urea groups is 1. The Morgan fingerprint density at radius 3 is 2.37 bits per heavy atom. The highest BCUT2D eigenvalue weighted by Crippen LogP contribution is 2.37. The Morgan fingerprint density at radius 2 is 1.80 bits per heavy atom. The molecule has 2 heterocycles. The largest absolute Gasteiger partial charge is 0.542 e. The summed E-state index contributed by atoms with van der Waals surface area (Å²) in [6.45, 7) is 12.6. The molecule has 0 spiro atoms. The molecule has 6 heteroatoms. The maximum Gasteiger partial charge on any atom is 0.323 e. The first-order valence-electron chi connectivity index (χ1n) is 10.9. The van der Waals surface area contributed by atoms with E-state index in [1.54, 1.807) is 6.20 Å². The van der Waals surface area contributed by atoms with Crippen LogP contribution in [0.2, 0.25) is 18.1 Å². The Morgan fingerprint density at radius 1 is 1.13 bits per heavy atom. The molecule has 0 unspecified atom stereocenters. The Kier molecular flexibility index (Phi) is 6.86. The molecule has 0 atom stereocenters. The van der Waals surface area contributed by atoms with Gasteiger partial charge in [0.2, 0.25) is 0 Å². The fraction of sp³-hybridized carbons (Fsp3) is 0.500. The molecule has 1 N–H and O–H groups in total. The highest BCUT2D eigenvalue weighted by molar-refractivity contribution is 6.74. The maximum absolute atomic E-state index is 12.6. The van der Waals surface area contributed by atoms with Crippen LogP contribution in [0.4, 0.5) is 10.6 Å². The van der Waals surface area contributed by atoms with Crippen molar-refractivity contribution < 1.29 is 9.22 Å². The third-order valence-corrected chi connectivity index (χ3v) is 10.8. The van der Waals surface area contributed by atoms with E-state index in [-0.39, 0.29) is 11.1 Å². The van der Waals surface area contributed by atoms with Crippen molar-refractivity contribution in [2.24, 2.45) is 5.92 Å². The predicted octanol–water partition coefficient (Wildman–Crippen LogP) is 5.95. The molecular weight excluding hydrogens is 390 g/mol. The number of carbonyl (C=O) groups is 1. The monoisotopic (exact) mass is 425 g/mol. The fourth-order valence-electron chi connectivity index (χ4n) is 3.44. The molecule has 2 aromatic rings. The second-order valence-electron chi connectivity index (χ2n) is 9.79. The highest BCUT2D eigenvalue weighted by Gasteiger charge is 2.39. The molecule has 30 heavy (non-hydrogen) atoms. The van der Waals surface area contributed by atoms with Crippen LogP contribution in [0.25, 0.3) is 0 Å². The molecule has 1 aliphatic rings. The van der Waals surface area contributed by atoms with Crippen LogP contribution in [-0.4, -0.2) is 37.3 Å². The van der Waals surface area contributed by atoms with Crippen molar-refractivity contribution >= 4 is 20.2 Å². The number of aromatic nitrogens is 1. The van der Waals surface area contributed by atoms with Gasteiger partial charge in [0.25, 0.3) is 8.32 Å². The first-order valence-corrected chi connectivity index (χ1v) is 13.8. The molecule has 1 aliphatic heterocycles. The second kappa shape index (κ2) is 9.21. The van der Waals surface area contributed by atoms with E-state index in [0.29, 0.717) is 11.7 Å². The summed E-state index contributed by atoms with van der Waals surface area (Å²) >= 11 is 0. The SMILES string of the molecule is CC(C)(C)[Si](C)(C)Oc1ccc(NC(=O)N2CCC(Cc3ccccc3)CC2)nc1. The molecular formula is C24H35N3O2Si. The standard InChI is InChI=1S/C24H35N3O2Si/c1-24(2,3)30(4,5)29-21-11-12-22(25-18-21)26-23(28)27-15-13-20(14-16-27)17-19-9-7-6-8-10-19/h6-12,18,20H,13-17H2,1-5H3,(H,25,26,28). The smallest absolute Gasteiger partial charge is 0.323 e. The third-order valence-electron chi connectivity index (χ3n) is 6.42. The van der Waals surface area contributed by atoms with Crippen LogP contribution in [0.3, 0.4) is 0 Å². The summed E-state index contributed by atoms with van der Waals surface area (Å²) in [7, 11) is -1.89. The normalized spacial score (nSPS) is 15.7. The van der Waals surface area contributed by atoms with Gasteiger partial charge in [0, 0.05) is 13.1 Å². The third kappa shape index (κ3) is 5.85. The summed E-state index contributed by atoms with van der Waals surface area (Å²) in [6.07, 6.45) is 4.87. The number of rotatable bonds is 5. The van der Waals surface area contributed by atoms with Crippen LogP contribution in [0.15, 0.2) is 48.7 Å². The molecule has 0 saturated carbocycles. The van der Waals surface area contributed by atoms with Gasteiger partial charge in [-0.25, -0.2) is 9.78 Å². The van der Waals surface area contributed by atoms with Crippen molar-refractivity contribution in [1.82, 2.24) is 9.88 Å². The second-order valence-corrected chi connectivity index (χ2v) is 14.5. The molecule has 3 rings (SSSR count). The van der Waals surface area contributed by atoms with Gasteiger partial charge in [0.05, 0.1) is 6.20 Å². The van der Waals surface area contributed by atoms with Crippen molar-refractivity contribution in [1.29, 1.82) is 0 Å². The van der Waals surface area contributed by atoms with Crippen molar-refractivity contribution in [3.8, 4) is 5.75 Å². The Hall–Kier alpha value is -2.34. The molecule has 1 fully saturated rings. The summed E-state index contributed by atoms with van der Waals surface area (Å²) in [5, 5.41) is 3.06. The number of anilines is 1. The zero-order chi connectivity index (χ0) is 21.8. The lowest BCUT2D eigenvalue weighted by atomic mass is 9.90. The van der Waals surface area contributed by atoms with E-state index in [2.05, 4.69) is 74.5 Å². The minimum Gasteiger partial charge on any atom is -0.542 e. The molecule has 1 aromatic carbocycles. The summed E-state index contributed by atoms with van der Waals surface area (Å²) in [5.74, 6) is 1.97. The van der Waals surface area contributed by atoms with Crippen LogP contribution in [0.5, 0.6) is 5.75 Å². The van der Waals surface area contributed by atoms with E-state index in [9.17, 15) is 4.79 Å². The van der Waals surface area contributed by atoms with E-state index >= 15 is 0 Å². The Labute approximate surface area is 182 Å². The summed E-state index contributed by atoms with van der Waals surface area (Å²) in [4.78, 5) is 18.9. The molecule has 1 aromatic heterocycles. The lowest BCUT2D eigenvalue weighted by Crippen LogP contribution is -2.43. The highest BCUT2D eigenvalue weighted by atomic mass is 28.4. The van der Waals surface area contributed by atoms with Crippen LogP contribution in [0.1, 0.15) is 39.2 Å². The molecule has 0 aliphatic carbocycles. The van der Waals surface area contributed by atoms with E-state index in [1.807, 2.05) is 17.0 Å². The molecule has 0 radical (unpaired) electrons. The van der Waals surface area contributed by atoms with Gasteiger partial charge in [-0.1, -0.05) is 51.1 Å². The number of amides is 2. The number of nitrogens with zero attached hydrogens (tertiary/aromatic N) is 2. The van der Waals surface area contributed by atoms with Crippen LogP contribution < -0.4 is 9.74 Å². The Bertz CT molecular complexity index is 824. The van der Waals surface area contributed by atoms with Crippen molar-refractivity contribution in [3.63, 3.8) is 0 Å². The van der Waals surface area contributed by atoms with Crippen molar-refractivity contribution in [2.45, 2.75) is 58.2 Å². The number of nitrogens with one attached hydrogen (secondary N) is 1. The maximum atomic E-state index is 12.6. The molecule has 162 valence electrons. The van der Waals surface area contributed by atoms with Gasteiger partial charge in [0.1, 0.15) is 11.6 Å². The summed E-state index contributed by atoms with van der Waals surface area (Å²) in [6, 6.07) is 14.3. The average molecular weight is 426 g/mol. The van der Waals surface area contributed by atoms with Gasteiger partial charge >= 0.3 is 6.03 Å². The van der Waals surface area contributed by atoms with Crippen LogP contribution in [0, 0.1) is 5.92 Å². The van der Waals surface area contributed by atoms with Crippen molar-refractivity contribution in [3.05, 3.63) is 54.2 Å². The first-order chi connectivity index (χ1) is 14.1. The number of benzene rings is 1. The predicted molar refractivity (Wildman–Crippen MR) is 126 cm³/mol. The number of carbonyl (C=O) groups excluding carboxylic acids is 1. The van der Waals surface area contributed by atoms with Gasteiger partial charge in [-0.3, -0.25) is 5.32 Å². The number of hydrogen-bond donors (Lipinski definition) is 1. The van der Waals surface area contributed by atoms with E-state index in [1.165, 1.54) is 5.56 Å². The minimum absolute atomic E-state index is 0.0706. The quantitative estimate of drug-likeness (QED) is 0.602.